The number of hydrogen-bond donors (Lipinski definition) is 2. The summed E-state index contributed by atoms with van der Waals surface area (Å²) in [5, 5.41) is 10.2. The Morgan fingerprint density at radius 1 is 1.35 bits per heavy atom. The molecule has 2 N–H and O–H groups in total. The van der Waals surface area contributed by atoms with Crippen molar-refractivity contribution in [3.8, 4) is 5.75 Å². The number of amides is 1. The minimum Gasteiger partial charge on any atom is -0.489 e. The lowest BCUT2D eigenvalue weighted by Gasteiger charge is -2.18. The van der Waals surface area contributed by atoms with Crippen LogP contribution in [0.5, 0.6) is 5.75 Å². The molecule has 1 aliphatic heterocycles. The van der Waals surface area contributed by atoms with Crippen molar-refractivity contribution in [2.45, 2.75) is 26.5 Å². The van der Waals surface area contributed by atoms with Crippen molar-refractivity contribution < 1.29 is 13.9 Å². The molecule has 1 aliphatic rings. The van der Waals surface area contributed by atoms with Gasteiger partial charge in [-0.3, -0.25) is 4.79 Å². The molecular weight excluding hydrogens is 337 g/mol. The van der Waals surface area contributed by atoms with E-state index < -0.39 is 0 Å². The van der Waals surface area contributed by atoms with E-state index in [1.807, 2.05) is 13.8 Å². The summed E-state index contributed by atoms with van der Waals surface area (Å²) in [5.41, 5.74) is 2.39. The summed E-state index contributed by atoms with van der Waals surface area (Å²) in [7, 11) is 0. The zero-order valence-corrected chi connectivity index (χ0v) is 14.4. The summed E-state index contributed by atoms with van der Waals surface area (Å²) in [5.74, 6) is 0.574. The van der Waals surface area contributed by atoms with E-state index in [2.05, 4.69) is 20.7 Å². The number of nitrogens with zero attached hydrogens (tertiary/aromatic N) is 3. The van der Waals surface area contributed by atoms with E-state index in [9.17, 15) is 9.18 Å². The van der Waals surface area contributed by atoms with Crippen LogP contribution in [0.25, 0.3) is 5.65 Å². The highest BCUT2D eigenvalue weighted by Crippen LogP contribution is 2.24. The first-order valence-electron chi connectivity index (χ1n) is 8.33. The third-order valence-corrected chi connectivity index (χ3v) is 4.27. The molecule has 7 nitrogen and oxygen atoms in total. The number of anilines is 1. The molecule has 2 bridgehead atoms. The van der Waals surface area contributed by atoms with E-state index in [-0.39, 0.29) is 17.8 Å². The Balaban J connectivity index is 1.81. The smallest absolute Gasteiger partial charge is 0.256 e. The lowest BCUT2D eigenvalue weighted by molar-refractivity contribution is 0.0933. The molecular formula is C18H18FN5O2. The van der Waals surface area contributed by atoms with Crippen LogP contribution in [0.2, 0.25) is 0 Å². The van der Waals surface area contributed by atoms with Crippen LogP contribution in [-0.4, -0.2) is 33.2 Å². The molecule has 1 amide bonds. The molecule has 0 spiro atoms. The molecule has 3 aromatic rings. The molecule has 0 saturated carbocycles. The number of carbonyl (C=O) groups excluding carboxylic acids is 1. The highest BCUT2D eigenvalue weighted by atomic mass is 19.1. The molecule has 1 atom stereocenters. The Kier molecular flexibility index (Phi) is 3.95. The van der Waals surface area contributed by atoms with Gasteiger partial charge in [0.1, 0.15) is 29.1 Å². The number of nitrogens with one attached hydrogen (secondary N) is 2. The Morgan fingerprint density at radius 3 is 3.04 bits per heavy atom. The lowest BCUT2D eigenvalue weighted by atomic mass is 10.2. The maximum atomic E-state index is 13.7. The Hall–Kier alpha value is -3.16. The van der Waals surface area contributed by atoms with Crippen molar-refractivity contribution in [1.82, 2.24) is 19.9 Å². The molecule has 0 aliphatic carbocycles. The fraction of sp³-hybridized carbons (Fsp3) is 0.278. The van der Waals surface area contributed by atoms with E-state index in [1.54, 1.807) is 16.8 Å². The van der Waals surface area contributed by atoms with Crippen LogP contribution in [0.1, 0.15) is 28.4 Å². The van der Waals surface area contributed by atoms with Crippen molar-refractivity contribution in [3.63, 3.8) is 0 Å². The number of fused-ring (bicyclic) bond motifs is 2. The van der Waals surface area contributed by atoms with Crippen molar-refractivity contribution in [2.24, 2.45) is 0 Å². The fourth-order valence-corrected chi connectivity index (χ4v) is 2.91. The largest absolute Gasteiger partial charge is 0.489 e. The van der Waals surface area contributed by atoms with Crippen molar-refractivity contribution >= 4 is 17.4 Å². The lowest BCUT2D eigenvalue weighted by Crippen LogP contribution is -2.33. The maximum Gasteiger partial charge on any atom is 0.256 e. The Labute approximate surface area is 149 Å². The molecule has 4 rings (SSSR count). The zero-order valence-electron chi connectivity index (χ0n) is 14.4. The first-order chi connectivity index (χ1) is 12.5. The number of rotatable bonds is 0. The number of aromatic nitrogens is 3. The molecule has 3 heterocycles. The minimum absolute atomic E-state index is 0.267. The average Bonchev–Trinajstić information content (AvgIpc) is 3.01. The van der Waals surface area contributed by atoms with Crippen LogP contribution in [0.3, 0.4) is 0 Å². The molecule has 0 fully saturated rings. The van der Waals surface area contributed by atoms with E-state index in [1.165, 1.54) is 18.3 Å². The van der Waals surface area contributed by atoms with E-state index in [0.29, 0.717) is 41.4 Å². The minimum atomic E-state index is -0.336. The summed E-state index contributed by atoms with van der Waals surface area (Å²) >= 11 is 0. The molecule has 0 saturated heterocycles. The molecule has 26 heavy (non-hydrogen) atoms. The zero-order chi connectivity index (χ0) is 18.3. The van der Waals surface area contributed by atoms with Gasteiger partial charge in [-0.05, 0) is 32.0 Å². The van der Waals surface area contributed by atoms with Gasteiger partial charge < -0.3 is 15.4 Å². The van der Waals surface area contributed by atoms with Crippen LogP contribution in [0, 0.1) is 12.7 Å². The Bertz CT molecular complexity index is 1000. The van der Waals surface area contributed by atoms with E-state index in [4.69, 9.17) is 4.74 Å². The van der Waals surface area contributed by atoms with Gasteiger partial charge >= 0.3 is 0 Å². The molecule has 8 heteroatoms. The quantitative estimate of drug-likeness (QED) is 0.647. The first-order valence-corrected chi connectivity index (χ1v) is 8.33. The number of ether oxygens (including phenoxy) is 1. The van der Waals surface area contributed by atoms with E-state index in [0.717, 1.165) is 5.56 Å². The predicted octanol–water partition coefficient (Wildman–Crippen LogP) is 2.30. The third kappa shape index (κ3) is 2.94. The summed E-state index contributed by atoms with van der Waals surface area (Å²) in [6.45, 7) is 4.38. The average molecular weight is 355 g/mol. The molecule has 1 aromatic carbocycles. The van der Waals surface area contributed by atoms with Crippen molar-refractivity contribution in [3.05, 3.63) is 53.1 Å². The second kappa shape index (κ2) is 6.29. The van der Waals surface area contributed by atoms with Crippen molar-refractivity contribution in [1.29, 1.82) is 0 Å². The molecule has 134 valence electrons. The number of carbonyl (C=O) groups is 1. The molecule has 2 aromatic heterocycles. The monoisotopic (exact) mass is 355 g/mol. The van der Waals surface area contributed by atoms with Gasteiger partial charge in [-0.15, -0.1) is 0 Å². The second-order valence-electron chi connectivity index (χ2n) is 6.34. The van der Waals surface area contributed by atoms with Gasteiger partial charge in [0.05, 0.1) is 12.7 Å². The number of halogens is 1. The Morgan fingerprint density at radius 2 is 2.19 bits per heavy atom. The third-order valence-electron chi connectivity index (χ3n) is 4.27. The first kappa shape index (κ1) is 16.3. The van der Waals surface area contributed by atoms with E-state index >= 15 is 0 Å². The standard InChI is InChI=1S/C18H18FN5O2/c1-10-9-24-17-14(8-22-24)18(25)21-6-11(2)26-15-4-3-13(19)5-12(15)7-20-16(10)23-17/h3-5,8-9,11H,6-7H2,1-2H3,(H,20,23)(H,21,25). The van der Waals surface area contributed by atoms with Gasteiger partial charge in [0, 0.05) is 23.9 Å². The van der Waals surface area contributed by atoms with Gasteiger partial charge in [0.25, 0.3) is 5.91 Å². The van der Waals surface area contributed by atoms with Gasteiger partial charge in [-0.2, -0.15) is 5.10 Å². The number of hydrogen-bond acceptors (Lipinski definition) is 5. The predicted molar refractivity (Wildman–Crippen MR) is 93.9 cm³/mol. The molecule has 0 radical (unpaired) electrons. The fourth-order valence-electron chi connectivity index (χ4n) is 2.91. The van der Waals surface area contributed by atoms with Gasteiger partial charge in [0.2, 0.25) is 0 Å². The van der Waals surface area contributed by atoms with Crippen LogP contribution in [0.4, 0.5) is 10.2 Å². The van der Waals surface area contributed by atoms with Crippen LogP contribution in [0.15, 0.2) is 30.6 Å². The topological polar surface area (TPSA) is 80.6 Å². The summed E-state index contributed by atoms with van der Waals surface area (Å²) in [6.07, 6.45) is 3.01. The van der Waals surface area contributed by atoms with Gasteiger partial charge in [-0.25, -0.2) is 13.9 Å². The van der Waals surface area contributed by atoms with Gasteiger partial charge in [-0.1, -0.05) is 0 Å². The SMILES string of the molecule is Cc1cn2ncc3c2nc1NCc1cc(F)ccc1OC(C)CNC3=O. The highest BCUT2D eigenvalue weighted by molar-refractivity contribution is 5.99. The summed E-state index contributed by atoms with van der Waals surface area (Å²) in [4.78, 5) is 17.0. The van der Waals surface area contributed by atoms with Crippen LogP contribution < -0.4 is 15.4 Å². The number of aryl methyl sites for hydroxylation is 1. The van der Waals surface area contributed by atoms with Crippen LogP contribution >= 0.6 is 0 Å². The summed E-state index contributed by atoms with van der Waals surface area (Å²) in [6, 6.07) is 4.39. The van der Waals surface area contributed by atoms with Crippen LogP contribution in [-0.2, 0) is 6.54 Å². The summed E-state index contributed by atoms with van der Waals surface area (Å²) < 4.78 is 21.2. The molecule has 1 unspecified atom stereocenters. The van der Waals surface area contributed by atoms with Crippen molar-refractivity contribution in [2.75, 3.05) is 11.9 Å². The maximum absolute atomic E-state index is 13.7. The van der Waals surface area contributed by atoms with Gasteiger partial charge in [0.15, 0.2) is 5.65 Å². The number of benzene rings is 1. The normalized spacial score (nSPS) is 17.3. The highest BCUT2D eigenvalue weighted by Gasteiger charge is 2.18. The second-order valence-corrected chi connectivity index (χ2v) is 6.34.